The predicted octanol–water partition coefficient (Wildman–Crippen LogP) is 1.01. The average Bonchev–Trinajstić information content (AvgIpc) is 2.36. The summed E-state index contributed by atoms with van der Waals surface area (Å²) >= 11 is 0. The number of nitrogen functional groups attached to an aromatic ring is 1. The van der Waals surface area contributed by atoms with Gasteiger partial charge in [0, 0.05) is 6.54 Å². The molecule has 1 aromatic heterocycles. The van der Waals surface area contributed by atoms with E-state index in [1.54, 1.807) is 0 Å². The van der Waals surface area contributed by atoms with E-state index in [0.29, 0.717) is 12.4 Å². The molecular weight excluding hydrogens is 216 g/mol. The van der Waals surface area contributed by atoms with E-state index in [2.05, 4.69) is 27.4 Å². The van der Waals surface area contributed by atoms with Crippen LogP contribution in [-0.4, -0.2) is 16.5 Å². The molecule has 5 heteroatoms. The Balaban J connectivity index is 1.95. The number of aromatic amines is 1. The van der Waals surface area contributed by atoms with Crippen LogP contribution in [0.3, 0.4) is 0 Å². The minimum atomic E-state index is -0.317. The highest BCUT2D eigenvalue weighted by molar-refractivity contribution is 5.58. The lowest BCUT2D eigenvalue weighted by atomic mass is 10.1. The van der Waals surface area contributed by atoms with Crippen LogP contribution < -0.4 is 16.6 Å². The maximum absolute atomic E-state index is 11.2. The van der Waals surface area contributed by atoms with E-state index in [4.69, 9.17) is 5.73 Å². The number of nitrogens with two attached hydrogens (primary N) is 1. The Morgan fingerprint density at radius 1 is 1.29 bits per heavy atom. The molecule has 4 N–H and O–H groups in total. The van der Waals surface area contributed by atoms with Crippen LogP contribution in [0.2, 0.25) is 0 Å². The monoisotopic (exact) mass is 230 g/mol. The van der Waals surface area contributed by atoms with Gasteiger partial charge >= 0.3 is 0 Å². The Labute approximate surface area is 98.7 Å². The van der Waals surface area contributed by atoms with Gasteiger partial charge < -0.3 is 16.0 Å². The summed E-state index contributed by atoms with van der Waals surface area (Å²) < 4.78 is 0. The standard InChI is InChI=1S/C12H14N4O/c13-10-11(15-8-16-12(10)17)14-7-6-9-4-2-1-3-5-9/h1-5,8H,6-7,13H2,(H2,14,15,16,17). The number of benzene rings is 1. The summed E-state index contributed by atoms with van der Waals surface area (Å²) in [7, 11) is 0. The third-order valence-electron chi connectivity index (χ3n) is 2.44. The molecule has 0 atom stereocenters. The van der Waals surface area contributed by atoms with E-state index >= 15 is 0 Å². The minimum absolute atomic E-state index is 0.126. The zero-order valence-corrected chi connectivity index (χ0v) is 9.31. The molecule has 1 heterocycles. The van der Waals surface area contributed by atoms with E-state index < -0.39 is 0 Å². The second-order valence-electron chi connectivity index (χ2n) is 3.66. The van der Waals surface area contributed by atoms with Crippen LogP contribution in [0.25, 0.3) is 0 Å². The van der Waals surface area contributed by atoms with Crippen LogP contribution in [0.15, 0.2) is 41.5 Å². The topological polar surface area (TPSA) is 83.8 Å². The smallest absolute Gasteiger partial charge is 0.276 e. The molecule has 2 rings (SSSR count). The molecule has 0 saturated carbocycles. The summed E-state index contributed by atoms with van der Waals surface area (Å²) in [5.41, 5.74) is 6.63. The Bertz CT molecular complexity index is 536. The predicted molar refractivity (Wildman–Crippen MR) is 67.9 cm³/mol. The quantitative estimate of drug-likeness (QED) is 0.731. The molecule has 88 valence electrons. The van der Waals surface area contributed by atoms with Gasteiger partial charge in [0.15, 0.2) is 5.82 Å². The van der Waals surface area contributed by atoms with Gasteiger partial charge in [-0.3, -0.25) is 4.79 Å². The molecule has 0 spiro atoms. The first kappa shape index (κ1) is 11.2. The molecule has 17 heavy (non-hydrogen) atoms. The van der Waals surface area contributed by atoms with E-state index in [-0.39, 0.29) is 11.2 Å². The lowest BCUT2D eigenvalue weighted by Crippen LogP contribution is -2.17. The third kappa shape index (κ3) is 2.84. The van der Waals surface area contributed by atoms with Crippen molar-refractivity contribution in [3.63, 3.8) is 0 Å². The summed E-state index contributed by atoms with van der Waals surface area (Å²) in [6.07, 6.45) is 2.19. The molecular formula is C12H14N4O. The van der Waals surface area contributed by atoms with Crippen LogP contribution in [0.1, 0.15) is 5.56 Å². The van der Waals surface area contributed by atoms with E-state index in [9.17, 15) is 4.79 Å². The lowest BCUT2D eigenvalue weighted by molar-refractivity contribution is 0.996. The first-order valence-corrected chi connectivity index (χ1v) is 5.38. The lowest BCUT2D eigenvalue weighted by Gasteiger charge is -2.06. The zero-order valence-electron chi connectivity index (χ0n) is 9.31. The van der Waals surface area contributed by atoms with E-state index in [0.717, 1.165) is 6.42 Å². The second kappa shape index (κ2) is 5.16. The van der Waals surface area contributed by atoms with Crippen LogP contribution in [0.4, 0.5) is 11.5 Å². The Morgan fingerprint density at radius 2 is 2.06 bits per heavy atom. The van der Waals surface area contributed by atoms with Crippen LogP contribution in [-0.2, 0) is 6.42 Å². The first-order chi connectivity index (χ1) is 8.27. The van der Waals surface area contributed by atoms with E-state index in [1.807, 2.05) is 18.2 Å². The second-order valence-corrected chi connectivity index (χ2v) is 3.66. The van der Waals surface area contributed by atoms with Gasteiger partial charge in [0.05, 0.1) is 6.33 Å². The van der Waals surface area contributed by atoms with E-state index in [1.165, 1.54) is 11.9 Å². The summed E-state index contributed by atoms with van der Waals surface area (Å²) in [4.78, 5) is 17.6. The van der Waals surface area contributed by atoms with Gasteiger partial charge in [0.25, 0.3) is 5.56 Å². The Hall–Kier alpha value is -2.30. The zero-order chi connectivity index (χ0) is 12.1. The van der Waals surface area contributed by atoms with Gasteiger partial charge in [-0.15, -0.1) is 0 Å². The molecule has 0 radical (unpaired) electrons. The van der Waals surface area contributed by atoms with Crippen molar-refractivity contribution in [2.75, 3.05) is 17.6 Å². The highest BCUT2D eigenvalue weighted by Gasteiger charge is 2.02. The van der Waals surface area contributed by atoms with Crippen molar-refractivity contribution in [2.45, 2.75) is 6.42 Å². The maximum Gasteiger partial charge on any atom is 0.276 e. The Morgan fingerprint density at radius 3 is 2.82 bits per heavy atom. The largest absolute Gasteiger partial charge is 0.391 e. The number of nitrogens with zero attached hydrogens (tertiary/aromatic N) is 1. The SMILES string of the molecule is Nc1c(NCCc2ccccc2)nc[nH]c1=O. The average molecular weight is 230 g/mol. The van der Waals surface area contributed by atoms with Crippen molar-refractivity contribution in [1.29, 1.82) is 0 Å². The van der Waals surface area contributed by atoms with Gasteiger partial charge in [-0.1, -0.05) is 30.3 Å². The van der Waals surface area contributed by atoms with Crippen LogP contribution in [0, 0.1) is 0 Å². The molecule has 0 aliphatic heterocycles. The van der Waals surface area contributed by atoms with Crippen molar-refractivity contribution in [2.24, 2.45) is 0 Å². The fourth-order valence-electron chi connectivity index (χ4n) is 1.52. The highest BCUT2D eigenvalue weighted by atomic mass is 16.1. The normalized spacial score (nSPS) is 10.1. The van der Waals surface area contributed by atoms with Gasteiger partial charge in [0.1, 0.15) is 5.69 Å². The van der Waals surface area contributed by atoms with Gasteiger partial charge in [-0.2, -0.15) is 0 Å². The molecule has 2 aromatic rings. The maximum atomic E-state index is 11.2. The summed E-state index contributed by atoms with van der Waals surface area (Å²) in [5, 5.41) is 3.05. The molecule has 0 saturated heterocycles. The van der Waals surface area contributed by atoms with Gasteiger partial charge in [-0.05, 0) is 12.0 Å². The summed E-state index contributed by atoms with van der Waals surface area (Å²) in [6, 6.07) is 10.1. The number of H-pyrrole nitrogens is 1. The van der Waals surface area contributed by atoms with Gasteiger partial charge in [-0.25, -0.2) is 4.98 Å². The number of anilines is 2. The number of hydrogen-bond donors (Lipinski definition) is 3. The van der Waals surface area contributed by atoms with Crippen molar-refractivity contribution in [3.05, 3.63) is 52.6 Å². The molecule has 0 aliphatic carbocycles. The van der Waals surface area contributed by atoms with Gasteiger partial charge in [0.2, 0.25) is 0 Å². The number of hydrogen-bond acceptors (Lipinski definition) is 4. The molecule has 0 amide bonds. The summed E-state index contributed by atoms with van der Waals surface area (Å²) in [5.74, 6) is 0.435. The fraction of sp³-hybridized carbons (Fsp3) is 0.167. The minimum Gasteiger partial charge on any atom is -0.391 e. The third-order valence-corrected chi connectivity index (χ3v) is 2.44. The Kier molecular flexibility index (Phi) is 3.40. The molecule has 0 fully saturated rings. The molecule has 5 nitrogen and oxygen atoms in total. The van der Waals surface area contributed by atoms with Crippen molar-refractivity contribution in [3.8, 4) is 0 Å². The van der Waals surface area contributed by atoms with Crippen molar-refractivity contribution >= 4 is 11.5 Å². The molecule has 1 aromatic carbocycles. The summed E-state index contributed by atoms with van der Waals surface area (Å²) in [6.45, 7) is 0.685. The number of aromatic nitrogens is 2. The fourth-order valence-corrected chi connectivity index (χ4v) is 1.52. The van der Waals surface area contributed by atoms with Crippen molar-refractivity contribution in [1.82, 2.24) is 9.97 Å². The molecule has 0 bridgehead atoms. The molecule has 0 aliphatic rings. The molecule has 0 unspecified atom stereocenters. The highest BCUT2D eigenvalue weighted by Crippen LogP contribution is 2.07. The van der Waals surface area contributed by atoms with Crippen LogP contribution >= 0.6 is 0 Å². The van der Waals surface area contributed by atoms with Crippen LogP contribution in [0.5, 0.6) is 0 Å². The number of rotatable bonds is 4. The first-order valence-electron chi connectivity index (χ1n) is 5.38. The van der Waals surface area contributed by atoms with Crippen molar-refractivity contribution < 1.29 is 0 Å². The number of nitrogens with one attached hydrogen (secondary N) is 2.